The van der Waals surface area contributed by atoms with Gasteiger partial charge in [-0.1, -0.05) is 159 Å². The number of fused-ring (bicyclic) bond motifs is 6. The number of aromatic nitrogens is 2. The molecule has 7 aromatic carbocycles. The van der Waals surface area contributed by atoms with Crippen molar-refractivity contribution in [2.75, 3.05) is 0 Å². The molecule has 0 atom stereocenters. The molecule has 2 heterocycles. The van der Waals surface area contributed by atoms with Crippen molar-refractivity contribution in [3.8, 4) is 67.3 Å². The summed E-state index contributed by atoms with van der Waals surface area (Å²) in [7, 11) is 0. The molecule has 0 aliphatic heterocycles. The van der Waals surface area contributed by atoms with Crippen LogP contribution < -0.4 is 0 Å². The fourth-order valence-corrected chi connectivity index (χ4v) is 8.05. The first-order valence-corrected chi connectivity index (χ1v) is 17.8. The van der Waals surface area contributed by atoms with Crippen LogP contribution in [0.15, 0.2) is 174 Å². The van der Waals surface area contributed by atoms with Crippen molar-refractivity contribution in [2.45, 2.75) is 19.3 Å². The Kier molecular flexibility index (Phi) is 6.84. The molecule has 52 heavy (non-hydrogen) atoms. The van der Waals surface area contributed by atoms with Crippen molar-refractivity contribution in [2.24, 2.45) is 0 Å². The first-order chi connectivity index (χ1) is 25.5. The molecule has 0 radical (unpaired) electrons. The molecular weight excluding hydrogens is 633 g/mol. The molecule has 0 fully saturated rings. The number of hydrogen-bond acceptors (Lipinski definition) is 3. The van der Waals surface area contributed by atoms with Crippen LogP contribution in [-0.4, -0.2) is 9.97 Å². The van der Waals surface area contributed by atoms with E-state index in [2.05, 4.69) is 135 Å². The summed E-state index contributed by atoms with van der Waals surface area (Å²) in [5, 5.41) is 2.13. The van der Waals surface area contributed by atoms with Crippen LogP contribution in [0.5, 0.6) is 0 Å². The summed E-state index contributed by atoms with van der Waals surface area (Å²) in [6.07, 6.45) is 0. The Morgan fingerprint density at radius 3 is 1.71 bits per heavy atom. The number of benzene rings is 7. The minimum absolute atomic E-state index is 0.0379. The summed E-state index contributed by atoms with van der Waals surface area (Å²) in [4.78, 5) is 10.3. The van der Waals surface area contributed by atoms with Crippen LogP contribution in [-0.2, 0) is 5.41 Å². The van der Waals surface area contributed by atoms with Gasteiger partial charge in [0.15, 0.2) is 5.82 Å². The van der Waals surface area contributed by atoms with Crippen LogP contribution in [0.1, 0.15) is 25.0 Å². The lowest BCUT2D eigenvalue weighted by atomic mass is 9.81. The standard InChI is InChI=1S/C49H34N2O/c1-49(2)41-19-11-9-17-37(41)38-26-25-35(29-42(38)49)31-21-23-32(24-22-31)36-27-28-40(47-46(36)39-18-10-12-20-45(39)52-47)48-50-43(33-13-5-3-6-14-33)30-44(51-48)34-15-7-4-8-16-34/h3-30H,1-2H3. The molecule has 0 saturated heterocycles. The minimum Gasteiger partial charge on any atom is -0.455 e. The molecule has 0 saturated carbocycles. The van der Waals surface area contributed by atoms with Crippen LogP contribution in [0.4, 0.5) is 0 Å². The zero-order valence-electron chi connectivity index (χ0n) is 29.0. The average molecular weight is 667 g/mol. The predicted octanol–water partition coefficient (Wildman–Crippen LogP) is 13.0. The third kappa shape index (κ3) is 4.81. The number of para-hydroxylation sites is 1. The molecule has 1 aliphatic carbocycles. The third-order valence-corrected chi connectivity index (χ3v) is 10.7. The van der Waals surface area contributed by atoms with E-state index < -0.39 is 0 Å². The summed E-state index contributed by atoms with van der Waals surface area (Å²) < 4.78 is 6.69. The van der Waals surface area contributed by atoms with Gasteiger partial charge in [0.25, 0.3) is 0 Å². The number of furan rings is 1. The Bertz CT molecular complexity index is 2740. The van der Waals surface area contributed by atoms with E-state index in [1.54, 1.807) is 0 Å². The Morgan fingerprint density at radius 2 is 0.981 bits per heavy atom. The van der Waals surface area contributed by atoms with Crippen molar-refractivity contribution in [1.29, 1.82) is 0 Å². The van der Waals surface area contributed by atoms with Crippen LogP contribution in [0, 0.1) is 0 Å². The Hall–Kier alpha value is -6.58. The van der Waals surface area contributed by atoms with Crippen LogP contribution in [0.2, 0.25) is 0 Å². The molecule has 3 nitrogen and oxygen atoms in total. The van der Waals surface area contributed by atoms with E-state index in [1.165, 1.54) is 33.4 Å². The summed E-state index contributed by atoms with van der Waals surface area (Å²) in [6.45, 7) is 4.67. The SMILES string of the molecule is CC1(C)c2ccccc2-c2ccc(-c3ccc(-c4ccc(-c5nc(-c6ccccc6)cc(-c6ccccc6)n5)c5oc6ccccc6c45)cc3)cc21. The molecule has 3 heteroatoms. The fraction of sp³-hybridized carbons (Fsp3) is 0.0612. The van der Waals surface area contributed by atoms with Gasteiger partial charge in [-0.2, -0.15) is 0 Å². The molecule has 0 bridgehead atoms. The van der Waals surface area contributed by atoms with Gasteiger partial charge in [0, 0.05) is 27.3 Å². The third-order valence-electron chi connectivity index (χ3n) is 10.7. The van der Waals surface area contributed by atoms with Gasteiger partial charge in [-0.05, 0) is 68.8 Å². The highest BCUT2D eigenvalue weighted by Gasteiger charge is 2.35. The summed E-state index contributed by atoms with van der Waals surface area (Å²) in [5.74, 6) is 0.632. The molecule has 0 amide bonds. The molecule has 1 aliphatic rings. The average Bonchev–Trinajstić information content (AvgIpc) is 3.71. The smallest absolute Gasteiger partial charge is 0.164 e. The van der Waals surface area contributed by atoms with Gasteiger partial charge in [-0.3, -0.25) is 0 Å². The van der Waals surface area contributed by atoms with Gasteiger partial charge >= 0.3 is 0 Å². The Morgan fingerprint density at radius 1 is 0.423 bits per heavy atom. The van der Waals surface area contributed by atoms with E-state index in [9.17, 15) is 0 Å². The zero-order chi connectivity index (χ0) is 34.8. The first-order valence-electron chi connectivity index (χ1n) is 17.8. The number of rotatable bonds is 5. The molecule has 0 N–H and O–H groups in total. The van der Waals surface area contributed by atoms with Gasteiger partial charge < -0.3 is 4.42 Å². The molecule has 9 aromatic rings. The molecule has 246 valence electrons. The van der Waals surface area contributed by atoms with E-state index in [0.29, 0.717) is 5.82 Å². The van der Waals surface area contributed by atoms with Gasteiger partial charge in [0.1, 0.15) is 11.2 Å². The van der Waals surface area contributed by atoms with E-state index in [-0.39, 0.29) is 5.41 Å². The van der Waals surface area contributed by atoms with Crippen molar-refractivity contribution >= 4 is 21.9 Å². The van der Waals surface area contributed by atoms with Crippen molar-refractivity contribution in [1.82, 2.24) is 9.97 Å². The van der Waals surface area contributed by atoms with E-state index in [1.807, 2.05) is 48.5 Å². The minimum atomic E-state index is -0.0379. The van der Waals surface area contributed by atoms with Gasteiger partial charge in [-0.15, -0.1) is 0 Å². The second-order valence-corrected chi connectivity index (χ2v) is 14.2. The van der Waals surface area contributed by atoms with Gasteiger partial charge in [0.2, 0.25) is 0 Å². The topological polar surface area (TPSA) is 38.9 Å². The zero-order valence-corrected chi connectivity index (χ0v) is 29.0. The quantitative estimate of drug-likeness (QED) is 0.183. The highest BCUT2D eigenvalue weighted by molar-refractivity contribution is 6.16. The highest BCUT2D eigenvalue weighted by Crippen LogP contribution is 2.49. The van der Waals surface area contributed by atoms with Gasteiger partial charge in [-0.25, -0.2) is 9.97 Å². The maximum Gasteiger partial charge on any atom is 0.164 e. The molecule has 0 unspecified atom stereocenters. The monoisotopic (exact) mass is 666 g/mol. The molecule has 2 aromatic heterocycles. The van der Waals surface area contributed by atoms with Crippen molar-refractivity contribution in [3.63, 3.8) is 0 Å². The Balaban J connectivity index is 1.10. The maximum absolute atomic E-state index is 6.69. The van der Waals surface area contributed by atoms with Crippen molar-refractivity contribution < 1.29 is 4.42 Å². The van der Waals surface area contributed by atoms with Gasteiger partial charge in [0.05, 0.1) is 17.0 Å². The van der Waals surface area contributed by atoms with Crippen LogP contribution in [0.3, 0.4) is 0 Å². The normalized spacial score (nSPS) is 13.0. The van der Waals surface area contributed by atoms with E-state index in [0.717, 1.165) is 61.1 Å². The second-order valence-electron chi connectivity index (χ2n) is 14.2. The fourth-order valence-electron chi connectivity index (χ4n) is 8.05. The van der Waals surface area contributed by atoms with Crippen LogP contribution >= 0.6 is 0 Å². The lowest BCUT2D eigenvalue weighted by Crippen LogP contribution is -2.14. The molecular formula is C49H34N2O. The second kappa shape index (κ2) is 11.8. The van der Waals surface area contributed by atoms with Crippen molar-refractivity contribution in [3.05, 3.63) is 181 Å². The molecule has 0 spiro atoms. The molecule has 10 rings (SSSR count). The predicted molar refractivity (Wildman–Crippen MR) is 214 cm³/mol. The van der Waals surface area contributed by atoms with Crippen LogP contribution in [0.25, 0.3) is 89.2 Å². The largest absolute Gasteiger partial charge is 0.455 e. The number of nitrogens with zero attached hydrogens (tertiary/aromatic N) is 2. The first kappa shape index (κ1) is 30.3. The lowest BCUT2D eigenvalue weighted by molar-refractivity contribution is 0.660. The number of hydrogen-bond donors (Lipinski definition) is 0. The lowest BCUT2D eigenvalue weighted by Gasteiger charge is -2.22. The van der Waals surface area contributed by atoms with E-state index in [4.69, 9.17) is 14.4 Å². The maximum atomic E-state index is 6.69. The summed E-state index contributed by atoms with van der Waals surface area (Å²) in [5.41, 5.74) is 16.4. The summed E-state index contributed by atoms with van der Waals surface area (Å²) >= 11 is 0. The Labute approximate surface area is 302 Å². The van der Waals surface area contributed by atoms with E-state index >= 15 is 0 Å². The highest BCUT2D eigenvalue weighted by atomic mass is 16.3. The summed E-state index contributed by atoms with van der Waals surface area (Å²) in [6, 6.07) is 59.9.